The van der Waals surface area contributed by atoms with Crippen molar-refractivity contribution in [2.75, 3.05) is 0 Å². The average Bonchev–Trinajstić information content (AvgIpc) is 3.06. The predicted octanol–water partition coefficient (Wildman–Crippen LogP) is 3.73. The lowest BCUT2D eigenvalue weighted by atomic mass is 10.0. The van der Waals surface area contributed by atoms with Gasteiger partial charge in [-0.2, -0.15) is 0 Å². The molecule has 3 aromatic rings. The molecular formula is C17H21N3S. The Labute approximate surface area is 129 Å². The van der Waals surface area contributed by atoms with Gasteiger partial charge in [0.15, 0.2) is 0 Å². The van der Waals surface area contributed by atoms with Crippen LogP contribution in [0.3, 0.4) is 0 Å². The van der Waals surface area contributed by atoms with E-state index in [4.69, 9.17) is 5.73 Å². The van der Waals surface area contributed by atoms with Gasteiger partial charge in [0.2, 0.25) is 0 Å². The van der Waals surface area contributed by atoms with Gasteiger partial charge in [-0.1, -0.05) is 13.0 Å². The van der Waals surface area contributed by atoms with Crippen molar-refractivity contribution < 1.29 is 0 Å². The average molecular weight is 299 g/mol. The normalized spacial score (nSPS) is 12.9. The van der Waals surface area contributed by atoms with E-state index in [1.165, 1.54) is 16.5 Å². The minimum Gasteiger partial charge on any atom is -0.341 e. The van der Waals surface area contributed by atoms with Crippen LogP contribution >= 0.6 is 11.3 Å². The Morgan fingerprint density at radius 2 is 2.19 bits per heavy atom. The van der Waals surface area contributed by atoms with Crippen LogP contribution < -0.4 is 5.73 Å². The number of nitrogens with two attached hydrogens (primary N) is 1. The monoisotopic (exact) mass is 299 g/mol. The van der Waals surface area contributed by atoms with Crippen molar-refractivity contribution >= 4 is 22.2 Å². The highest BCUT2D eigenvalue weighted by Crippen LogP contribution is 2.20. The summed E-state index contributed by atoms with van der Waals surface area (Å²) < 4.78 is 2.26. The largest absolute Gasteiger partial charge is 0.341 e. The van der Waals surface area contributed by atoms with Crippen LogP contribution in [0, 0.1) is 6.92 Å². The van der Waals surface area contributed by atoms with Crippen molar-refractivity contribution in [1.82, 2.24) is 9.55 Å². The standard InChI is InChI=1S/C17H21N3S/c1-3-15(18)9-13-4-5-17-14(8-13)6-7-20(17)10-16-11-21-12(2)19-16/h4-8,11,15H,3,9-10,18H2,1-2H3. The van der Waals surface area contributed by atoms with E-state index >= 15 is 0 Å². The lowest BCUT2D eigenvalue weighted by Crippen LogP contribution is -2.21. The Morgan fingerprint density at radius 3 is 2.90 bits per heavy atom. The van der Waals surface area contributed by atoms with Gasteiger partial charge in [-0.3, -0.25) is 0 Å². The molecule has 21 heavy (non-hydrogen) atoms. The summed E-state index contributed by atoms with van der Waals surface area (Å²) in [6.45, 7) is 5.02. The number of fused-ring (bicyclic) bond motifs is 1. The molecule has 3 nitrogen and oxygen atoms in total. The fourth-order valence-electron chi connectivity index (χ4n) is 2.62. The van der Waals surface area contributed by atoms with Crippen molar-refractivity contribution in [1.29, 1.82) is 0 Å². The summed E-state index contributed by atoms with van der Waals surface area (Å²) in [6.07, 6.45) is 4.11. The molecule has 110 valence electrons. The molecule has 0 bridgehead atoms. The molecule has 2 aromatic heterocycles. The van der Waals surface area contributed by atoms with Gasteiger partial charge in [0.05, 0.1) is 17.2 Å². The molecule has 2 N–H and O–H groups in total. The smallest absolute Gasteiger partial charge is 0.0898 e. The van der Waals surface area contributed by atoms with Crippen LogP contribution in [0.15, 0.2) is 35.8 Å². The van der Waals surface area contributed by atoms with Gasteiger partial charge < -0.3 is 10.3 Å². The highest BCUT2D eigenvalue weighted by molar-refractivity contribution is 7.09. The van der Waals surface area contributed by atoms with Crippen molar-refractivity contribution in [3.05, 3.63) is 52.1 Å². The molecule has 0 amide bonds. The number of hydrogen-bond acceptors (Lipinski definition) is 3. The summed E-state index contributed by atoms with van der Waals surface area (Å²) in [5.41, 5.74) is 9.76. The molecule has 0 aliphatic rings. The first-order chi connectivity index (χ1) is 10.2. The summed E-state index contributed by atoms with van der Waals surface area (Å²) >= 11 is 1.71. The van der Waals surface area contributed by atoms with E-state index < -0.39 is 0 Å². The second-order valence-corrected chi connectivity index (χ2v) is 6.63. The fraction of sp³-hybridized carbons (Fsp3) is 0.353. The zero-order chi connectivity index (χ0) is 14.8. The van der Waals surface area contributed by atoms with E-state index in [-0.39, 0.29) is 6.04 Å². The molecule has 0 saturated heterocycles. The van der Waals surface area contributed by atoms with Crippen LogP contribution in [-0.4, -0.2) is 15.6 Å². The quantitative estimate of drug-likeness (QED) is 0.780. The van der Waals surface area contributed by atoms with Crippen LogP contribution in [-0.2, 0) is 13.0 Å². The first-order valence-electron chi connectivity index (χ1n) is 7.40. The molecule has 1 atom stereocenters. The molecule has 2 heterocycles. The molecule has 0 aliphatic carbocycles. The molecule has 0 fully saturated rings. The lowest BCUT2D eigenvalue weighted by molar-refractivity contribution is 0.647. The number of aromatic nitrogens is 2. The second kappa shape index (κ2) is 6.00. The first-order valence-corrected chi connectivity index (χ1v) is 8.28. The summed E-state index contributed by atoms with van der Waals surface area (Å²) in [6, 6.07) is 9.08. The molecule has 4 heteroatoms. The molecule has 0 aliphatic heterocycles. The van der Waals surface area contributed by atoms with Gasteiger partial charge in [-0.05, 0) is 48.9 Å². The number of benzene rings is 1. The fourth-order valence-corrected chi connectivity index (χ4v) is 3.22. The number of rotatable bonds is 5. The third-order valence-electron chi connectivity index (χ3n) is 3.86. The summed E-state index contributed by atoms with van der Waals surface area (Å²) in [7, 11) is 0. The third-order valence-corrected chi connectivity index (χ3v) is 4.68. The maximum absolute atomic E-state index is 6.05. The molecule has 0 radical (unpaired) electrons. The van der Waals surface area contributed by atoms with Crippen molar-refractivity contribution in [3.63, 3.8) is 0 Å². The van der Waals surface area contributed by atoms with Gasteiger partial charge in [-0.15, -0.1) is 11.3 Å². The van der Waals surface area contributed by atoms with Crippen LogP contribution in [0.4, 0.5) is 0 Å². The summed E-state index contributed by atoms with van der Waals surface area (Å²) in [4.78, 5) is 4.54. The Bertz CT molecular complexity index is 741. The van der Waals surface area contributed by atoms with Gasteiger partial charge in [0.1, 0.15) is 0 Å². The molecule has 0 spiro atoms. The zero-order valence-corrected chi connectivity index (χ0v) is 13.4. The van der Waals surface area contributed by atoms with Crippen molar-refractivity contribution in [2.45, 2.75) is 39.3 Å². The number of nitrogens with zero attached hydrogens (tertiary/aromatic N) is 2. The SMILES string of the molecule is CCC(N)Cc1ccc2c(ccn2Cc2csc(C)n2)c1. The molecule has 1 unspecified atom stereocenters. The topological polar surface area (TPSA) is 43.8 Å². The van der Waals surface area contributed by atoms with Crippen LogP contribution in [0.5, 0.6) is 0 Å². The summed E-state index contributed by atoms with van der Waals surface area (Å²) in [5, 5.41) is 4.54. The highest BCUT2D eigenvalue weighted by atomic mass is 32.1. The first kappa shape index (κ1) is 14.3. The minimum absolute atomic E-state index is 0.252. The molecule has 3 rings (SSSR count). The van der Waals surface area contributed by atoms with E-state index in [0.29, 0.717) is 0 Å². The van der Waals surface area contributed by atoms with Gasteiger partial charge in [-0.25, -0.2) is 4.98 Å². The number of thiazole rings is 1. The van der Waals surface area contributed by atoms with Crippen LogP contribution in [0.2, 0.25) is 0 Å². The van der Waals surface area contributed by atoms with E-state index in [1.807, 2.05) is 6.92 Å². The van der Waals surface area contributed by atoms with E-state index in [0.717, 1.165) is 30.1 Å². The van der Waals surface area contributed by atoms with Crippen molar-refractivity contribution in [2.24, 2.45) is 5.73 Å². The Kier molecular flexibility index (Phi) is 4.08. The third kappa shape index (κ3) is 3.17. The van der Waals surface area contributed by atoms with E-state index in [1.54, 1.807) is 11.3 Å². The van der Waals surface area contributed by atoms with E-state index in [9.17, 15) is 0 Å². The van der Waals surface area contributed by atoms with Crippen LogP contribution in [0.1, 0.15) is 29.6 Å². The van der Waals surface area contributed by atoms with Crippen molar-refractivity contribution in [3.8, 4) is 0 Å². The molecule has 1 aromatic carbocycles. The Hall–Kier alpha value is -1.65. The second-order valence-electron chi connectivity index (χ2n) is 5.57. The highest BCUT2D eigenvalue weighted by Gasteiger charge is 2.07. The predicted molar refractivity (Wildman–Crippen MR) is 89.9 cm³/mol. The lowest BCUT2D eigenvalue weighted by Gasteiger charge is -2.09. The van der Waals surface area contributed by atoms with Crippen LogP contribution in [0.25, 0.3) is 10.9 Å². The minimum atomic E-state index is 0.252. The summed E-state index contributed by atoms with van der Waals surface area (Å²) in [5.74, 6) is 0. The maximum atomic E-state index is 6.05. The molecule has 0 saturated carbocycles. The zero-order valence-electron chi connectivity index (χ0n) is 12.5. The Balaban J connectivity index is 1.85. The number of hydrogen-bond donors (Lipinski definition) is 1. The van der Waals surface area contributed by atoms with Gasteiger partial charge in [0.25, 0.3) is 0 Å². The maximum Gasteiger partial charge on any atom is 0.0898 e. The Morgan fingerprint density at radius 1 is 1.33 bits per heavy atom. The van der Waals surface area contributed by atoms with Gasteiger partial charge in [0, 0.05) is 23.1 Å². The number of aryl methyl sites for hydroxylation is 1. The van der Waals surface area contributed by atoms with E-state index in [2.05, 4.69) is 52.3 Å². The van der Waals surface area contributed by atoms with Gasteiger partial charge >= 0.3 is 0 Å². The molecular weight excluding hydrogens is 278 g/mol.